The minimum absolute atomic E-state index is 0.0412. The van der Waals surface area contributed by atoms with E-state index >= 15 is 0 Å². The third-order valence-electron chi connectivity index (χ3n) is 2.86. The van der Waals surface area contributed by atoms with Crippen LogP contribution in [0.3, 0.4) is 0 Å². The number of nitrogens with zero attached hydrogens (tertiary/aromatic N) is 1. The topological polar surface area (TPSA) is 82.5 Å². The van der Waals surface area contributed by atoms with E-state index in [1.165, 1.54) is 13.1 Å². The van der Waals surface area contributed by atoms with Gasteiger partial charge >= 0.3 is 7.12 Å². The molecule has 19 heavy (non-hydrogen) atoms. The Kier molecular flexibility index (Phi) is 4.14. The molecule has 0 aliphatic rings. The summed E-state index contributed by atoms with van der Waals surface area (Å²) >= 11 is 0. The number of amides is 1. The first kappa shape index (κ1) is 13.5. The van der Waals surface area contributed by atoms with Gasteiger partial charge in [0.1, 0.15) is 0 Å². The minimum Gasteiger partial charge on any atom is -0.423 e. The second-order valence-corrected chi connectivity index (χ2v) is 4.40. The SMILES string of the molecule is CC(=O)NCCc1ccc2cc(B(O)O)cnc2c1. The standard InChI is InChI=1S/C13H15BN2O3/c1-9(17)15-5-4-10-2-3-11-7-12(14(18)19)8-16-13(11)6-10/h2-3,6-8,18-19H,4-5H2,1H3,(H,15,17). The number of hydrogen-bond donors (Lipinski definition) is 3. The summed E-state index contributed by atoms with van der Waals surface area (Å²) in [6, 6.07) is 7.46. The number of hydrogen-bond acceptors (Lipinski definition) is 4. The zero-order valence-electron chi connectivity index (χ0n) is 10.6. The van der Waals surface area contributed by atoms with Crippen LogP contribution in [0.4, 0.5) is 0 Å². The second kappa shape index (κ2) is 5.82. The third kappa shape index (κ3) is 3.53. The van der Waals surface area contributed by atoms with Crippen molar-refractivity contribution in [1.82, 2.24) is 10.3 Å². The minimum atomic E-state index is -1.50. The Balaban J connectivity index is 2.17. The van der Waals surface area contributed by atoms with Gasteiger partial charge in [-0.3, -0.25) is 9.78 Å². The Morgan fingerprint density at radius 1 is 1.37 bits per heavy atom. The van der Waals surface area contributed by atoms with Crippen molar-refractivity contribution in [1.29, 1.82) is 0 Å². The van der Waals surface area contributed by atoms with Gasteiger partial charge in [-0.05, 0) is 23.4 Å². The molecule has 0 aliphatic heterocycles. The van der Waals surface area contributed by atoms with Crippen LogP contribution in [0, 0.1) is 0 Å². The molecule has 1 aromatic heterocycles. The average Bonchev–Trinajstić information content (AvgIpc) is 2.37. The van der Waals surface area contributed by atoms with Crippen molar-refractivity contribution in [2.24, 2.45) is 0 Å². The van der Waals surface area contributed by atoms with Crippen LogP contribution in [0.2, 0.25) is 0 Å². The van der Waals surface area contributed by atoms with Gasteiger partial charge in [-0.15, -0.1) is 0 Å². The Morgan fingerprint density at radius 2 is 2.16 bits per heavy atom. The highest BCUT2D eigenvalue weighted by atomic mass is 16.4. The predicted octanol–water partition coefficient (Wildman–Crippen LogP) is -0.407. The van der Waals surface area contributed by atoms with Crippen molar-refractivity contribution in [3.63, 3.8) is 0 Å². The highest BCUT2D eigenvalue weighted by Gasteiger charge is 2.11. The average molecular weight is 258 g/mol. The summed E-state index contributed by atoms with van der Waals surface area (Å²) in [5, 5.41) is 21.8. The van der Waals surface area contributed by atoms with E-state index in [0.29, 0.717) is 12.0 Å². The molecule has 0 radical (unpaired) electrons. The molecule has 2 rings (SSSR count). The Hall–Kier alpha value is -1.92. The first-order chi connectivity index (χ1) is 9.06. The molecular weight excluding hydrogens is 243 g/mol. The van der Waals surface area contributed by atoms with E-state index in [4.69, 9.17) is 10.0 Å². The maximum absolute atomic E-state index is 10.8. The van der Waals surface area contributed by atoms with Gasteiger partial charge in [0, 0.05) is 25.1 Å². The largest absolute Gasteiger partial charge is 0.490 e. The van der Waals surface area contributed by atoms with E-state index in [1.54, 1.807) is 6.07 Å². The molecular formula is C13H15BN2O3. The molecule has 0 aliphatic carbocycles. The zero-order valence-corrected chi connectivity index (χ0v) is 10.6. The molecule has 0 spiro atoms. The molecule has 0 fully saturated rings. The molecule has 3 N–H and O–H groups in total. The monoisotopic (exact) mass is 258 g/mol. The fourth-order valence-electron chi connectivity index (χ4n) is 1.86. The van der Waals surface area contributed by atoms with E-state index in [-0.39, 0.29) is 5.91 Å². The number of nitrogens with one attached hydrogen (secondary N) is 1. The molecule has 1 aromatic carbocycles. The number of aromatic nitrogens is 1. The normalized spacial score (nSPS) is 10.5. The van der Waals surface area contributed by atoms with Crippen molar-refractivity contribution < 1.29 is 14.8 Å². The van der Waals surface area contributed by atoms with Crippen molar-refractivity contribution >= 4 is 29.4 Å². The summed E-state index contributed by atoms with van der Waals surface area (Å²) in [6.45, 7) is 2.08. The molecule has 0 saturated carbocycles. The first-order valence-electron chi connectivity index (χ1n) is 6.05. The maximum atomic E-state index is 10.8. The van der Waals surface area contributed by atoms with Gasteiger partial charge in [-0.25, -0.2) is 0 Å². The van der Waals surface area contributed by atoms with Crippen molar-refractivity contribution in [2.45, 2.75) is 13.3 Å². The molecule has 1 heterocycles. The quantitative estimate of drug-likeness (QED) is 0.651. The zero-order chi connectivity index (χ0) is 13.8. The van der Waals surface area contributed by atoms with Gasteiger partial charge in [0.2, 0.25) is 5.91 Å². The molecule has 0 saturated heterocycles. The highest BCUT2D eigenvalue weighted by molar-refractivity contribution is 6.58. The van der Waals surface area contributed by atoms with E-state index in [9.17, 15) is 4.79 Å². The summed E-state index contributed by atoms with van der Waals surface area (Å²) in [5.41, 5.74) is 2.24. The molecule has 2 aromatic rings. The lowest BCUT2D eigenvalue weighted by molar-refractivity contribution is -0.118. The van der Waals surface area contributed by atoms with Gasteiger partial charge < -0.3 is 15.4 Å². The van der Waals surface area contributed by atoms with Crippen LogP contribution in [-0.4, -0.2) is 34.6 Å². The van der Waals surface area contributed by atoms with E-state index in [1.807, 2.05) is 18.2 Å². The summed E-state index contributed by atoms with van der Waals surface area (Å²) < 4.78 is 0. The summed E-state index contributed by atoms with van der Waals surface area (Å²) in [5.74, 6) is -0.0412. The van der Waals surface area contributed by atoms with Crippen LogP contribution in [0.5, 0.6) is 0 Å². The van der Waals surface area contributed by atoms with Crippen molar-refractivity contribution in [3.8, 4) is 0 Å². The van der Waals surface area contributed by atoms with Gasteiger partial charge in [0.05, 0.1) is 5.52 Å². The number of pyridine rings is 1. The number of carbonyl (C=O) groups is 1. The molecule has 6 heteroatoms. The molecule has 0 bridgehead atoms. The second-order valence-electron chi connectivity index (χ2n) is 4.40. The molecule has 0 atom stereocenters. The fraction of sp³-hybridized carbons (Fsp3) is 0.231. The van der Waals surface area contributed by atoms with E-state index in [2.05, 4.69) is 10.3 Å². The highest BCUT2D eigenvalue weighted by Crippen LogP contribution is 2.12. The summed E-state index contributed by atoms with van der Waals surface area (Å²) in [4.78, 5) is 15.0. The van der Waals surface area contributed by atoms with Crippen LogP contribution in [0.15, 0.2) is 30.5 Å². The van der Waals surface area contributed by atoms with Gasteiger partial charge in [0.25, 0.3) is 0 Å². The van der Waals surface area contributed by atoms with E-state index < -0.39 is 7.12 Å². The number of benzene rings is 1. The summed E-state index contributed by atoms with van der Waals surface area (Å²) in [6.07, 6.45) is 2.19. The maximum Gasteiger partial charge on any atom is 0.490 e. The van der Waals surface area contributed by atoms with Gasteiger partial charge in [-0.2, -0.15) is 0 Å². The van der Waals surface area contributed by atoms with Gasteiger partial charge in [0.15, 0.2) is 0 Å². The smallest absolute Gasteiger partial charge is 0.423 e. The van der Waals surface area contributed by atoms with Crippen LogP contribution in [-0.2, 0) is 11.2 Å². The van der Waals surface area contributed by atoms with Crippen LogP contribution < -0.4 is 10.8 Å². The molecule has 98 valence electrons. The van der Waals surface area contributed by atoms with Gasteiger partial charge in [-0.1, -0.05) is 18.2 Å². The number of fused-ring (bicyclic) bond motifs is 1. The fourth-order valence-corrected chi connectivity index (χ4v) is 1.86. The van der Waals surface area contributed by atoms with Crippen molar-refractivity contribution in [3.05, 3.63) is 36.0 Å². The van der Waals surface area contributed by atoms with Crippen LogP contribution in [0.1, 0.15) is 12.5 Å². The Bertz CT molecular complexity index is 601. The van der Waals surface area contributed by atoms with Crippen LogP contribution in [0.25, 0.3) is 10.9 Å². The predicted molar refractivity (Wildman–Crippen MR) is 74.0 cm³/mol. The molecule has 5 nitrogen and oxygen atoms in total. The lowest BCUT2D eigenvalue weighted by Crippen LogP contribution is -2.30. The molecule has 0 unspecified atom stereocenters. The van der Waals surface area contributed by atoms with E-state index in [0.717, 1.165) is 22.9 Å². The summed E-state index contributed by atoms with van der Waals surface area (Å²) in [7, 11) is -1.50. The Labute approximate surface area is 111 Å². The Morgan fingerprint density at radius 3 is 2.84 bits per heavy atom. The third-order valence-corrected chi connectivity index (χ3v) is 2.86. The van der Waals surface area contributed by atoms with Crippen molar-refractivity contribution in [2.75, 3.05) is 6.54 Å². The first-order valence-corrected chi connectivity index (χ1v) is 6.05. The number of carbonyl (C=O) groups excluding carboxylic acids is 1. The lowest BCUT2D eigenvalue weighted by Gasteiger charge is -2.05. The molecule has 1 amide bonds. The number of rotatable bonds is 4. The lowest BCUT2D eigenvalue weighted by atomic mass is 9.81. The van der Waals surface area contributed by atoms with Crippen LogP contribution >= 0.6 is 0 Å².